The van der Waals surface area contributed by atoms with E-state index >= 15 is 0 Å². The summed E-state index contributed by atoms with van der Waals surface area (Å²) in [6, 6.07) is 0. The van der Waals surface area contributed by atoms with E-state index in [2.05, 4.69) is 6.92 Å². The molecule has 0 aliphatic carbocycles. The highest BCUT2D eigenvalue weighted by Gasteiger charge is 2.49. The van der Waals surface area contributed by atoms with E-state index in [0.29, 0.717) is 6.61 Å². The van der Waals surface area contributed by atoms with Gasteiger partial charge in [-0.3, -0.25) is 0 Å². The maximum Gasteiger partial charge on any atom is 0.144 e. The molecule has 1 heterocycles. The standard InChI is InChI=1S/C11H22NO2/c1-5-6-7-8-11(4)12(13)10(2,3)9-14-11/h5-9H2,1-4H3. The molecule has 0 bridgehead atoms. The van der Waals surface area contributed by atoms with Gasteiger partial charge in [-0.15, -0.1) is 10.3 Å². The Hall–Kier alpha value is -0.120. The molecule has 3 nitrogen and oxygen atoms in total. The summed E-state index contributed by atoms with van der Waals surface area (Å²) in [5.41, 5.74) is -0.945. The van der Waals surface area contributed by atoms with Gasteiger partial charge in [0.05, 0.1) is 12.1 Å². The van der Waals surface area contributed by atoms with Crippen molar-refractivity contribution in [2.75, 3.05) is 6.61 Å². The number of nitrogens with zero attached hydrogens (tertiary/aromatic N) is 1. The summed E-state index contributed by atoms with van der Waals surface area (Å²) in [6.07, 6.45) is 4.27. The molecule has 83 valence electrons. The van der Waals surface area contributed by atoms with Gasteiger partial charge in [0.1, 0.15) is 5.72 Å². The molecule has 1 fully saturated rings. The Morgan fingerprint density at radius 1 is 1.29 bits per heavy atom. The SMILES string of the molecule is CCCCCC1(C)OCC(C)(C)N1[O]. The predicted octanol–water partition coefficient (Wildman–Crippen LogP) is 2.74. The van der Waals surface area contributed by atoms with Crippen molar-refractivity contribution in [1.29, 1.82) is 0 Å². The number of hydrogen-bond donors (Lipinski definition) is 0. The average molecular weight is 200 g/mol. The van der Waals surface area contributed by atoms with E-state index in [1.54, 1.807) is 0 Å². The van der Waals surface area contributed by atoms with E-state index in [-0.39, 0.29) is 5.54 Å². The molecular weight excluding hydrogens is 178 g/mol. The van der Waals surface area contributed by atoms with Gasteiger partial charge in [-0.2, -0.15) is 0 Å². The zero-order valence-electron chi connectivity index (χ0n) is 9.80. The summed E-state index contributed by atoms with van der Waals surface area (Å²) in [5, 5.41) is 13.1. The van der Waals surface area contributed by atoms with E-state index < -0.39 is 5.72 Å². The van der Waals surface area contributed by atoms with Crippen LogP contribution in [-0.4, -0.2) is 22.9 Å². The first-order valence-electron chi connectivity index (χ1n) is 5.54. The van der Waals surface area contributed by atoms with Crippen molar-refractivity contribution in [3.63, 3.8) is 0 Å². The molecule has 14 heavy (non-hydrogen) atoms. The van der Waals surface area contributed by atoms with E-state index in [1.807, 2.05) is 20.8 Å². The number of rotatable bonds is 4. The molecule has 0 N–H and O–H groups in total. The summed E-state index contributed by atoms with van der Waals surface area (Å²) in [7, 11) is 0. The molecule has 1 radical (unpaired) electrons. The molecule has 0 amide bonds. The van der Waals surface area contributed by atoms with Crippen molar-refractivity contribution in [3.8, 4) is 0 Å². The molecule has 1 unspecified atom stereocenters. The third kappa shape index (κ3) is 2.27. The summed E-state index contributed by atoms with van der Waals surface area (Å²) >= 11 is 0. The van der Waals surface area contributed by atoms with Gasteiger partial charge in [-0.05, 0) is 33.6 Å². The quantitative estimate of drug-likeness (QED) is 0.654. The number of ether oxygens (including phenoxy) is 1. The van der Waals surface area contributed by atoms with Crippen molar-refractivity contribution < 1.29 is 9.94 Å². The van der Waals surface area contributed by atoms with Crippen LogP contribution in [0, 0.1) is 0 Å². The smallest absolute Gasteiger partial charge is 0.144 e. The Morgan fingerprint density at radius 2 is 1.93 bits per heavy atom. The van der Waals surface area contributed by atoms with Crippen molar-refractivity contribution in [2.45, 2.75) is 64.6 Å². The fraction of sp³-hybridized carbons (Fsp3) is 1.00. The van der Waals surface area contributed by atoms with Crippen molar-refractivity contribution >= 4 is 0 Å². The Kier molecular flexibility index (Phi) is 3.56. The monoisotopic (exact) mass is 200 g/mol. The highest BCUT2D eigenvalue weighted by Crippen LogP contribution is 2.36. The van der Waals surface area contributed by atoms with Crippen molar-refractivity contribution in [3.05, 3.63) is 0 Å². The van der Waals surface area contributed by atoms with Crippen LogP contribution in [0.5, 0.6) is 0 Å². The molecule has 0 aromatic carbocycles. The molecular formula is C11H22NO2. The molecule has 1 aliphatic rings. The van der Waals surface area contributed by atoms with Crippen LogP contribution in [0.4, 0.5) is 0 Å². The van der Waals surface area contributed by atoms with Crippen LogP contribution in [0.3, 0.4) is 0 Å². The summed E-state index contributed by atoms with van der Waals surface area (Å²) < 4.78 is 5.63. The Bertz CT molecular complexity index is 194. The Labute approximate surface area is 87.0 Å². The average Bonchev–Trinajstić information content (AvgIpc) is 2.32. The lowest BCUT2D eigenvalue weighted by Crippen LogP contribution is -2.47. The van der Waals surface area contributed by atoms with E-state index in [1.165, 1.54) is 12.8 Å². The third-order valence-corrected chi connectivity index (χ3v) is 2.96. The molecule has 0 spiro atoms. The maximum absolute atomic E-state index is 11.9. The molecule has 0 aromatic heterocycles. The minimum absolute atomic E-state index is 0.360. The first-order valence-corrected chi connectivity index (χ1v) is 5.54. The molecule has 1 saturated heterocycles. The first-order chi connectivity index (χ1) is 6.42. The number of hydrogen-bond acceptors (Lipinski definition) is 2. The second kappa shape index (κ2) is 4.17. The van der Waals surface area contributed by atoms with Gasteiger partial charge < -0.3 is 4.74 Å². The highest BCUT2D eigenvalue weighted by atomic mass is 16.6. The van der Waals surface area contributed by atoms with Gasteiger partial charge >= 0.3 is 0 Å². The van der Waals surface area contributed by atoms with Gasteiger partial charge in [-0.25, -0.2) is 0 Å². The summed E-state index contributed by atoms with van der Waals surface area (Å²) in [4.78, 5) is 0. The minimum atomic E-state index is -0.585. The predicted molar refractivity (Wildman–Crippen MR) is 55.1 cm³/mol. The zero-order chi connectivity index (χ0) is 10.8. The third-order valence-electron chi connectivity index (χ3n) is 2.96. The highest BCUT2D eigenvalue weighted by molar-refractivity contribution is 4.90. The molecule has 0 saturated carbocycles. The fourth-order valence-electron chi connectivity index (χ4n) is 1.97. The van der Waals surface area contributed by atoms with Gasteiger partial charge in [0.25, 0.3) is 0 Å². The Morgan fingerprint density at radius 3 is 2.36 bits per heavy atom. The zero-order valence-corrected chi connectivity index (χ0v) is 9.80. The Balaban J connectivity index is 2.50. The van der Waals surface area contributed by atoms with Gasteiger partial charge in [0.2, 0.25) is 0 Å². The van der Waals surface area contributed by atoms with Crippen LogP contribution in [0.1, 0.15) is 53.4 Å². The van der Waals surface area contributed by atoms with Crippen LogP contribution >= 0.6 is 0 Å². The molecule has 1 aliphatic heterocycles. The van der Waals surface area contributed by atoms with Gasteiger partial charge in [-0.1, -0.05) is 19.8 Å². The van der Waals surface area contributed by atoms with Crippen LogP contribution < -0.4 is 0 Å². The van der Waals surface area contributed by atoms with Crippen LogP contribution in [0.2, 0.25) is 0 Å². The second-order valence-electron chi connectivity index (χ2n) is 5.03. The van der Waals surface area contributed by atoms with Crippen LogP contribution in [-0.2, 0) is 9.94 Å². The molecule has 0 aromatic rings. The van der Waals surface area contributed by atoms with Crippen LogP contribution in [0.15, 0.2) is 0 Å². The lowest BCUT2D eigenvalue weighted by molar-refractivity contribution is -0.286. The van der Waals surface area contributed by atoms with E-state index in [9.17, 15) is 5.21 Å². The molecule has 1 rings (SSSR count). The number of hydroxylamine groups is 2. The first kappa shape index (κ1) is 12.0. The largest absolute Gasteiger partial charge is 0.356 e. The minimum Gasteiger partial charge on any atom is -0.356 e. The number of unbranched alkanes of at least 4 members (excludes halogenated alkanes) is 2. The summed E-state index contributed by atoms with van der Waals surface area (Å²) in [6.45, 7) is 8.48. The molecule has 3 heteroatoms. The lowest BCUT2D eigenvalue weighted by atomic mass is 10.0. The van der Waals surface area contributed by atoms with Gasteiger partial charge in [0, 0.05) is 0 Å². The van der Waals surface area contributed by atoms with Crippen molar-refractivity contribution in [1.82, 2.24) is 5.06 Å². The van der Waals surface area contributed by atoms with E-state index in [0.717, 1.165) is 17.9 Å². The summed E-state index contributed by atoms with van der Waals surface area (Å²) in [5.74, 6) is 0. The normalized spacial score (nSPS) is 32.4. The fourth-order valence-corrected chi connectivity index (χ4v) is 1.97. The maximum atomic E-state index is 11.9. The van der Waals surface area contributed by atoms with Gasteiger partial charge in [0.15, 0.2) is 0 Å². The molecule has 1 atom stereocenters. The van der Waals surface area contributed by atoms with E-state index in [4.69, 9.17) is 4.74 Å². The van der Waals surface area contributed by atoms with Crippen LogP contribution in [0.25, 0.3) is 0 Å². The van der Waals surface area contributed by atoms with Crippen molar-refractivity contribution in [2.24, 2.45) is 0 Å². The lowest BCUT2D eigenvalue weighted by Gasteiger charge is -2.32. The second-order valence-corrected chi connectivity index (χ2v) is 5.03. The topological polar surface area (TPSA) is 32.4 Å².